The summed E-state index contributed by atoms with van der Waals surface area (Å²) in [5.41, 5.74) is 7.08. The van der Waals surface area contributed by atoms with Gasteiger partial charge in [0, 0.05) is 28.2 Å². The number of rotatable bonds is 1. The first-order chi connectivity index (χ1) is 7.60. The SMILES string of the molecule is NC1(c2c[nH]c3cccc(F)c23)CC(O)C1. The maximum absolute atomic E-state index is 13.7. The molecule has 2 aromatic rings. The quantitative estimate of drug-likeness (QED) is 0.683. The van der Waals surface area contributed by atoms with Crippen molar-refractivity contribution in [1.29, 1.82) is 0 Å². The average molecular weight is 220 g/mol. The van der Waals surface area contributed by atoms with Gasteiger partial charge in [-0.1, -0.05) is 6.07 Å². The number of nitrogens with two attached hydrogens (primary N) is 1. The van der Waals surface area contributed by atoms with Crippen molar-refractivity contribution in [2.24, 2.45) is 5.73 Å². The van der Waals surface area contributed by atoms with Gasteiger partial charge in [0.05, 0.1) is 6.10 Å². The molecule has 1 aromatic carbocycles. The first kappa shape index (κ1) is 9.81. The number of aliphatic hydroxyl groups is 1. The maximum atomic E-state index is 13.7. The van der Waals surface area contributed by atoms with Gasteiger partial charge in [0.25, 0.3) is 0 Å². The van der Waals surface area contributed by atoms with E-state index in [-0.39, 0.29) is 11.9 Å². The molecule has 1 fully saturated rings. The molecule has 1 aliphatic carbocycles. The number of H-pyrrole nitrogens is 1. The predicted octanol–water partition coefficient (Wildman–Crippen LogP) is 1.62. The maximum Gasteiger partial charge on any atom is 0.132 e. The standard InChI is InChI=1S/C12H13FN2O/c13-9-2-1-3-10-11(9)8(6-15-10)12(14)4-7(16)5-12/h1-3,6-7,15-16H,4-5,14H2. The number of aliphatic hydroxyl groups excluding tert-OH is 1. The summed E-state index contributed by atoms with van der Waals surface area (Å²) in [6.07, 6.45) is 2.38. The van der Waals surface area contributed by atoms with Gasteiger partial charge in [-0.25, -0.2) is 4.39 Å². The molecule has 4 heteroatoms. The zero-order chi connectivity index (χ0) is 11.3. The van der Waals surface area contributed by atoms with E-state index in [2.05, 4.69) is 4.98 Å². The van der Waals surface area contributed by atoms with Gasteiger partial charge in [-0.05, 0) is 25.0 Å². The van der Waals surface area contributed by atoms with Crippen molar-refractivity contribution in [2.45, 2.75) is 24.5 Å². The van der Waals surface area contributed by atoms with Crippen LogP contribution in [0.25, 0.3) is 10.9 Å². The summed E-state index contributed by atoms with van der Waals surface area (Å²) < 4.78 is 13.7. The van der Waals surface area contributed by atoms with Crippen LogP contribution in [0.5, 0.6) is 0 Å². The largest absolute Gasteiger partial charge is 0.393 e. The number of hydrogen-bond acceptors (Lipinski definition) is 2. The molecule has 16 heavy (non-hydrogen) atoms. The Morgan fingerprint density at radius 3 is 2.88 bits per heavy atom. The lowest BCUT2D eigenvalue weighted by molar-refractivity contribution is 0.0216. The Bertz CT molecular complexity index is 543. The third-order valence-electron chi connectivity index (χ3n) is 3.39. The van der Waals surface area contributed by atoms with Crippen LogP contribution in [0.2, 0.25) is 0 Å². The van der Waals surface area contributed by atoms with Gasteiger partial charge in [0.15, 0.2) is 0 Å². The molecular weight excluding hydrogens is 207 g/mol. The van der Waals surface area contributed by atoms with E-state index in [1.807, 2.05) is 6.07 Å². The Morgan fingerprint density at radius 2 is 2.19 bits per heavy atom. The molecule has 3 nitrogen and oxygen atoms in total. The summed E-state index contributed by atoms with van der Waals surface area (Å²) in [5, 5.41) is 9.89. The van der Waals surface area contributed by atoms with Crippen LogP contribution in [0, 0.1) is 5.82 Å². The molecule has 3 rings (SSSR count). The monoisotopic (exact) mass is 220 g/mol. The van der Waals surface area contributed by atoms with Crippen molar-refractivity contribution in [3.8, 4) is 0 Å². The van der Waals surface area contributed by atoms with Crippen LogP contribution in [0.3, 0.4) is 0 Å². The topological polar surface area (TPSA) is 62.0 Å². The Kier molecular flexibility index (Phi) is 1.87. The minimum Gasteiger partial charge on any atom is -0.393 e. The number of aromatic nitrogens is 1. The highest BCUT2D eigenvalue weighted by molar-refractivity contribution is 5.85. The number of hydrogen-bond donors (Lipinski definition) is 3. The zero-order valence-electron chi connectivity index (χ0n) is 8.70. The van der Waals surface area contributed by atoms with Gasteiger partial charge in [-0.2, -0.15) is 0 Å². The first-order valence-electron chi connectivity index (χ1n) is 5.33. The average Bonchev–Trinajstić information content (AvgIpc) is 2.61. The van der Waals surface area contributed by atoms with Crippen LogP contribution in [-0.2, 0) is 5.54 Å². The van der Waals surface area contributed by atoms with Crippen LogP contribution in [0.1, 0.15) is 18.4 Å². The Hall–Kier alpha value is -1.39. The van der Waals surface area contributed by atoms with Gasteiger partial charge in [0.2, 0.25) is 0 Å². The molecule has 0 amide bonds. The highest BCUT2D eigenvalue weighted by atomic mass is 19.1. The summed E-state index contributed by atoms with van der Waals surface area (Å²) in [6.45, 7) is 0. The van der Waals surface area contributed by atoms with Crippen molar-refractivity contribution in [3.63, 3.8) is 0 Å². The Balaban J connectivity index is 2.18. The van der Waals surface area contributed by atoms with E-state index in [0.29, 0.717) is 18.2 Å². The Labute approximate surface area is 92.1 Å². The second-order valence-electron chi connectivity index (χ2n) is 4.58. The lowest BCUT2D eigenvalue weighted by atomic mass is 9.70. The molecular formula is C12H13FN2O. The van der Waals surface area contributed by atoms with Crippen molar-refractivity contribution >= 4 is 10.9 Å². The molecule has 0 aliphatic heterocycles. The summed E-state index contributed by atoms with van der Waals surface area (Å²) in [5.74, 6) is -0.264. The van der Waals surface area contributed by atoms with E-state index >= 15 is 0 Å². The second kappa shape index (κ2) is 3.06. The lowest BCUT2D eigenvalue weighted by Crippen LogP contribution is -2.51. The zero-order valence-corrected chi connectivity index (χ0v) is 8.70. The van der Waals surface area contributed by atoms with Gasteiger partial charge < -0.3 is 15.8 Å². The summed E-state index contributed by atoms with van der Waals surface area (Å²) in [7, 11) is 0. The minimum absolute atomic E-state index is 0.264. The van der Waals surface area contributed by atoms with Crippen LogP contribution >= 0.6 is 0 Å². The summed E-state index contributed by atoms with van der Waals surface area (Å²) >= 11 is 0. The van der Waals surface area contributed by atoms with E-state index < -0.39 is 5.54 Å². The molecule has 0 spiro atoms. The molecule has 84 valence electrons. The highest BCUT2D eigenvalue weighted by Crippen LogP contribution is 2.42. The van der Waals surface area contributed by atoms with Crippen molar-refractivity contribution in [1.82, 2.24) is 4.98 Å². The van der Waals surface area contributed by atoms with Crippen LogP contribution < -0.4 is 5.73 Å². The molecule has 1 aliphatic rings. The number of benzene rings is 1. The third kappa shape index (κ3) is 1.20. The molecule has 4 N–H and O–H groups in total. The molecule has 0 unspecified atom stereocenters. The van der Waals surface area contributed by atoms with Crippen molar-refractivity contribution in [3.05, 3.63) is 35.8 Å². The number of nitrogens with one attached hydrogen (secondary N) is 1. The van der Waals surface area contributed by atoms with Gasteiger partial charge >= 0.3 is 0 Å². The number of aromatic amines is 1. The van der Waals surface area contributed by atoms with E-state index in [9.17, 15) is 9.50 Å². The van der Waals surface area contributed by atoms with Crippen LogP contribution in [0.15, 0.2) is 24.4 Å². The predicted molar refractivity (Wildman–Crippen MR) is 59.4 cm³/mol. The third-order valence-corrected chi connectivity index (χ3v) is 3.39. The fraction of sp³-hybridized carbons (Fsp3) is 0.333. The second-order valence-corrected chi connectivity index (χ2v) is 4.58. The summed E-state index contributed by atoms with van der Waals surface area (Å²) in [6, 6.07) is 4.91. The van der Waals surface area contributed by atoms with Gasteiger partial charge in [0.1, 0.15) is 5.82 Å². The molecule has 0 radical (unpaired) electrons. The molecule has 1 saturated carbocycles. The molecule has 1 aromatic heterocycles. The van der Waals surface area contributed by atoms with Gasteiger partial charge in [-0.3, -0.25) is 0 Å². The van der Waals surface area contributed by atoms with Crippen LogP contribution in [0.4, 0.5) is 4.39 Å². The minimum atomic E-state index is -0.583. The van der Waals surface area contributed by atoms with Gasteiger partial charge in [-0.15, -0.1) is 0 Å². The molecule has 0 atom stereocenters. The normalized spacial score (nSPS) is 29.3. The number of fused-ring (bicyclic) bond motifs is 1. The Morgan fingerprint density at radius 1 is 1.44 bits per heavy atom. The molecule has 0 saturated heterocycles. The fourth-order valence-electron chi connectivity index (χ4n) is 2.53. The van der Waals surface area contributed by atoms with E-state index in [1.54, 1.807) is 12.3 Å². The van der Waals surface area contributed by atoms with E-state index in [0.717, 1.165) is 11.1 Å². The lowest BCUT2D eigenvalue weighted by Gasteiger charge is -2.42. The van der Waals surface area contributed by atoms with Crippen LogP contribution in [-0.4, -0.2) is 16.2 Å². The van der Waals surface area contributed by atoms with Crippen molar-refractivity contribution in [2.75, 3.05) is 0 Å². The first-order valence-corrected chi connectivity index (χ1v) is 5.33. The van der Waals surface area contributed by atoms with Crippen molar-refractivity contribution < 1.29 is 9.50 Å². The smallest absolute Gasteiger partial charge is 0.132 e. The summed E-state index contributed by atoms with van der Waals surface area (Å²) in [4.78, 5) is 3.02. The van der Waals surface area contributed by atoms with E-state index in [1.165, 1.54) is 6.07 Å². The fourth-order valence-corrected chi connectivity index (χ4v) is 2.53. The van der Waals surface area contributed by atoms with E-state index in [4.69, 9.17) is 5.73 Å². The number of halogens is 1. The molecule has 0 bridgehead atoms. The molecule has 1 heterocycles. The highest BCUT2D eigenvalue weighted by Gasteiger charge is 2.43.